The molecule has 2 unspecified atom stereocenters. The van der Waals surface area contributed by atoms with Crippen LogP contribution in [0.1, 0.15) is 156 Å². The molecule has 3 aliphatic rings. The molecule has 3 aliphatic heterocycles. The molecule has 3 heterocycles. The average Bonchev–Trinajstić information content (AvgIpc) is 0.714. The maximum Gasteiger partial charge on any atom is 0.329 e. The van der Waals surface area contributed by atoms with Crippen LogP contribution in [-0.4, -0.2) is 151 Å². The number of phenols is 6. The van der Waals surface area contributed by atoms with Crippen LogP contribution in [0.3, 0.4) is 0 Å². The summed E-state index contributed by atoms with van der Waals surface area (Å²) in [5.74, 6) is -18.6. The molecule has 0 spiro atoms. The highest BCUT2D eigenvalue weighted by Crippen LogP contribution is 2.53. The van der Waals surface area contributed by atoms with Gasteiger partial charge >= 0.3 is 6.03 Å². The standard InChI is InChI=1S/C84H80F5N5O14/c1-43-23-25-62(86)71(75(43)88)73-69(79(103)48-13-6-19-54(99)37-48)57(27-33-95)67(64(81(73)105)50-15-9-29-90-39-50)83(107)68-58(28-34-96)70(80(104)49-14-7-20-55(100)38-49)74(72-63(87)26-24-44(2)76(72)89)82(106)65(68)51-16-10-31-94(40-51)92-84(108)91-30-32-93-41-59(77(101)46-11-4-17-52(97)35-46)66(56-21-8-22-61(85)45(56)3)60(42-93)78(102)47-12-5-18-53(98)36-47/h4-8,11-14,17-26,35-38,50-51,59-60,66,90,95-100,105-106H,9-10,15-16,27-34,39-42H2,1-3H3,(H2,91,92,108)/t50?,51?,59-,60-/m0/s1. The smallest absolute Gasteiger partial charge is 0.329 e. The second-order valence-corrected chi connectivity index (χ2v) is 27.9. The Kier molecular flexibility index (Phi) is 23.0. The van der Waals surface area contributed by atoms with Gasteiger partial charge < -0.3 is 56.4 Å². The van der Waals surface area contributed by atoms with Gasteiger partial charge in [-0.2, -0.15) is 0 Å². The molecule has 0 bridgehead atoms. The molecule has 560 valence electrons. The number of aromatic hydroxyl groups is 6. The van der Waals surface area contributed by atoms with Crippen LogP contribution in [0.5, 0.6) is 34.5 Å². The molecule has 12 rings (SSSR count). The fourth-order valence-electron chi connectivity index (χ4n) is 16.0. The van der Waals surface area contributed by atoms with Crippen molar-refractivity contribution in [2.75, 3.05) is 65.6 Å². The molecule has 9 aromatic rings. The van der Waals surface area contributed by atoms with Gasteiger partial charge in [0.2, 0.25) is 0 Å². The molecule has 0 radical (unpaired) electrons. The Morgan fingerprint density at radius 1 is 0.500 bits per heavy atom. The van der Waals surface area contributed by atoms with E-state index in [2.05, 4.69) is 16.1 Å². The predicted octanol–water partition coefficient (Wildman–Crippen LogP) is 12.6. The Bertz CT molecular complexity index is 5000. The predicted molar refractivity (Wildman–Crippen MR) is 392 cm³/mol. The molecule has 0 aliphatic carbocycles. The number of halogens is 5. The maximum absolute atomic E-state index is 17.4. The molecule has 3 saturated heterocycles. The van der Waals surface area contributed by atoms with Gasteiger partial charge in [-0.25, -0.2) is 31.8 Å². The van der Waals surface area contributed by atoms with Crippen molar-refractivity contribution in [3.8, 4) is 56.8 Å². The highest BCUT2D eigenvalue weighted by Gasteiger charge is 2.47. The number of benzene rings is 9. The Balaban J connectivity index is 0.998. The number of hydrogen-bond acceptors (Lipinski definition) is 17. The molecule has 24 heteroatoms. The van der Waals surface area contributed by atoms with E-state index in [9.17, 15) is 55.2 Å². The lowest BCUT2D eigenvalue weighted by molar-refractivity contribution is 0.0572. The van der Waals surface area contributed by atoms with Crippen LogP contribution in [0.25, 0.3) is 22.3 Å². The summed E-state index contributed by atoms with van der Waals surface area (Å²) >= 11 is 0. The molecular formula is C84H80F5N5O14. The molecule has 11 N–H and O–H groups in total. The minimum atomic E-state index is -1.30. The number of rotatable bonds is 23. The van der Waals surface area contributed by atoms with Crippen molar-refractivity contribution >= 4 is 34.9 Å². The first-order valence-corrected chi connectivity index (χ1v) is 35.6. The van der Waals surface area contributed by atoms with Gasteiger partial charge in [0, 0.05) is 155 Å². The first-order valence-electron chi connectivity index (χ1n) is 35.6. The number of aryl methyl sites for hydroxylation is 2. The fourth-order valence-corrected chi connectivity index (χ4v) is 16.0. The molecule has 9 aromatic carbocycles. The first kappa shape index (κ1) is 76.5. The van der Waals surface area contributed by atoms with Crippen molar-refractivity contribution in [1.82, 2.24) is 26.0 Å². The van der Waals surface area contributed by atoms with E-state index in [1.54, 1.807) is 17.9 Å². The highest BCUT2D eigenvalue weighted by molar-refractivity contribution is 6.23. The third kappa shape index (κ3) is 15.1. The van der Waals surface area contributed by atoms with Crippen molar-refractivity contribution in [1.29, 1.82) is 0 Å². The Morgan fingerprint density at radius 2 is 0.954 bits per heavy atom. The summed E-state index contributed by atoms with van der Waals surface area (Å²) in [6, 6.07) is 28.6. The van der Waals surface area contributed by atoms with E-state index >= 15 is 36.3 Å². The zero-order valence-corrected chi connectivity index (χ0v) is 59.3. The third-order valence-electron chi connectivity index (χ3n) is 21.0. The van der Waals surface area contributed by atoms with E-state index in [4.69, 9.17) is 0 Å². The minimum absolute atomic E-state index is 0.000579. The summed E-state index contributed by atoms with van der Waals surface area (Å²) in [4.78, 5) is 95.0. The van der Waals surface area contributed by atoms with Crippen molar-refractivity contribution in [2.24, 2.45) is 11.8 Å². The van der Waals surface area contributed by atoms with Gasteiger partial charge in [0.25, 0.3) is 0 Å². The number of likely N-dealkylation sites (tertiary alicyclic amines) is 1. The number of urea groups is 1. The molecule has 19 nitrogen and oxygen atoms in total. The quantitative estimate of drug-likeness (QED) is 0.0209. The molecule has 2 amide bonds. The minimum Gasteiger partial charge on any atom is -0.508 e. The SMILES string of the molecule is Cc1ccc(F)c(-c2c(O)c(C3CCCNC3)c(C(=O)c3c(CCO)c(C(=O)c4cccc(O)c4)c(-c4c(F)ccc(C)c4F)c(O)c3C3CCCN(NC(=O)NCCN4C[C@H](C(=O)c5cccc(O)c5)C(c5cccc(F)c5C)[C@@H](C(=O)c5cccc(O)c5)C4)C3)c(CCO)c2C(=O)c2cccc(O)c2)c1F. The van der Waals surface area contributed by atoms with E-state index in [-0.39, 0.29) is 121 Å². The molecule has 108 heavy (non-hydrogen) atoms. The Morgan fingerprint density at radius 3 is 1.42 bits per heavy atom. The van der Waals surface area contributed by atoms with Gasteiger partial charge in [0.15, 0.2) is 28.9 Å². The van der Waals surface area contributed by atoms with Crippen molar-refractivity contribution in [3.63, 3.8) is 0 Å². The fraction of sp³-hybridized carbons (Fsp3) is 0.286. The summed E-state index contributed by atoms with van der Waals surface area (Å²) in [5, 5.41) is 100.0. The Labute approximate surface area is 618 Å². The van der Waals surface area contributed by atoms with Gasteiger partial charge in [0.1, 0.15) is 63.6 Å². The second kappa shape index (κ2) is 32.5. The number of aliphatic hydroxyl groups excluding tert-OH is 2. The van der Waals surface area contributed by atoms with Gasteiger partial charge in [-0.1, -0.05) is 72.8 Å². The zero-order chi connectivity index (χ0) is 77.1. The summed E-state index contributed by atoms with van der Waals surface area (Å²) in [5.41, 5.74) is -4.84. The van der Waals surface area contributed by atoms with Gasteiger partial charge in [-0.15, -0.1) is 0 Å². The molecule has 3 fully saturated rings. The largest absolute Gasteiger partial charge is 0.508 e. The number of nitrogens with zero attached hydrogens (tertiary/aromatic N) is 2. The number of nitrogens with one attached hydrogen (secondary N) is 3. The van der Waals surface area contributed by atoms with Crippen LogP contribution in [0.2, 0.25) is 0 Å². The van der Waals surface area contributed by atoms with Gasteiger partial charge in [-0.05, 0) is 166 Å². The van der Waals surface area contributed by atoms with Crippen molar-refractivity contribution in [3.05, 3.63) is 258 Å². The number of ketones is 5. The van der Waals surface area contributed by atoms with Crippen LogP contribution >= 0.6 is 0 Å². The number of amides is 2. The Hall–Kier alpha value is -11.2. The number of carbonyl (C=O) groups is 6. The van der Waals surface area contributed by atoms with Crippen LogP contribution in [-0.2, 0) is 12.8 Å². The summed E-state index contributed by atoms with van der Waals surface area (Å²) in [7, 11) is 0. The van der Waals surface area contributed by atoms with Crippen molar-refractivity contribution in [2.45, 2.75) is 77.0 Å². The molecular weight excluding hydrogens is 1400 g/mol. The van der Waals surface area contributed by atoms with Gasteiger partial charge in [-0.3, -0.25) is 29.4 Å². The van der Waals surface area contributed by atoms with Crippen LogP contribution in [0, 0.1) is 61.7 Å². The number of phenolic OH excluding ortho intramolecular Hbond substituents is 6. The summed E-state index contributed by atoms with van der Waals surface area (Å²) in [6.07, 6.45) is -0.721. The summed E-state index contributed by atoms with van der Waals surface area (Å²) < 4.78 is 84.1. The monoisotopic (exact) mass is 1480 g/mol. The van der Waals surface area contributed by atoms with E-state index in [1.807, 2.05) is 0 Å². The average molecular weight is 1480 g/mol. The van der Waals surface area contributed by atoms with Crippen LogP contribution in [0.15, 0.2) is 140 Å². The number of piperidine rings is 3. The lowest BCUT2D eigenvalue weighted by Gasteiger charge is -2.43. The maximum atomic E-state index is 17.4. The van der Waals surface area contributed by atoms with E-state index in [0.717, 1.165) is 36.4 Å². The number of aliphatic hydroxyl groups is 2. The van der Waals surface area contributed by atoms with Crippen LogP contribution < -0.4 is 16.1 Å². The van der Waals surface area contributed by atoms with Crippen LogP contribution in [0.4, 0.5) is 26.7 Å². The van der Waals surface area contributed by atoms with Crippen molar-refractivity contribution < 1.29 is 91.6 Å². The number of hydrazine groups is 1. The van der Waals surface area contributed by atoms with E-state index in [0.29, 0.717) is 18.5 Å². The normalized spacial score (nSPS) is 17.1. The van der Waals surface area contributed by atoms with E-state index < -0.39 is 204 Å². The third-order valence-corrected chi connectivity index (χ3v) is 21.0. The number of Topliss-reactive ketones (excluding diaryl/α,β-unsaturated/α-hetero) is 2. The summed E-state index contributed by atoms with van der Waals surface area (Å²) in [6.45, 7) is 2.28. The van der Waals surface area contributed by atoms with Gasteiger partial charge in [0.05, 0.1) is 11.1 Å². The second-order valence-electron chi connectivity index (χ2n) is 27.9. The number of carbonyl (C=O) groups excluding carboxylic acids is 6. The van der Waals surface area contributed by atoms with E-state index in [1.165, 1.54) is 116 Å². The topological polar surface area (TPSA) is 307 Å². The molecule has 0 aromatic heterocycles. The molecule has 4 atom stereocenters. The lowest BCUT2D eigenvalue weighted by atomic mass is 9.68. The first-order chi connectivity index (χ1) is 51.8. The highest BCUT2D eigenvalue weighted by atomic mass is 19.1. The lowest BCUT2D eigenvalue weighted by Crippen LogP contribution is -2.54. The molecule has 0 saturated carbocycles. The zero-order valence-electron chi connectivity index (χ0n) is 59.3. The number of hydrogen-bond donors (Lipinski definition) is 11.